The maximum Gasteiger partial charge on any atom is 0.106 e. The summed E-state index contributed by atoms with van der Waals surface area (Å²) in [5.74, 6) is 0.899. The minimum atomic E-state index is -1.05. The molecule has 0 fully saturated rings. The second kappa shape index (κ2) is 7.76. The summed E-state index contributed by atoms with van der Waals surface area (Å²) in [5, 5.41) is 29.5. The molecule has 0 saturated heterocycles. The largest absolute Gasteiger partial charge is 0.389 e. The highest BCUT2D eigenvalue weighted by molar-refractivity contribution is 5.45. The van der Waals surface area contributed by atoms with Gasteiger partial charge in [0.2, 0.25) is 0 Å². The van der Waals surface area contributed by atoms with E-state index in [0.29, 0.717) is 5.92 Å². The standard InChI is InChI=1S/C19H29NO2/c1-11(2)14-9-15(12(3)4)18(16(10-14)13(5)6)19(22)17(21)7-8-20/h9-13,17,19,21-22H,7H2,1-6H3. The van der Waals surface area contributed by atoms with Gasteiger partial charge in [-0.1, -0.05) is 53.7 Å². The number of aliphatic hydroxyl groups excluding tert-OH is 2. The molecule has 0 aliphatic rings. The Morgan fingerprint density at radius 1 is 0.909 bits per heavy atom. The Bertz CT molecular complexity index is 512. The van der Waals surface area contributed by atoms with E-state index in [4.69, 9.17) is 5.26 Å². The lowest BCUT2D eigenvalue weighted by Crippen LogP contribution is -2.21. The number of benzene rings is 1. The van der Waals surface area contributed by atoms with E-state index >= 15 is 0 Å². The molecule has 1 aromatic rings. The summed E-state index contributed by atoms with van der Waals surface area (Å²) in [4.78, 5) is 0. The van der Waals surface area contributed by atoms with Crippen LogP contribution in [-0.4, -0.2) is 16.3 Å². The number of hydrogen-bond donors (Lipinski definition) is 2. The van der Waals surface area contributed by atoms with Crippen molar-refractivity contribution in [3.05, 3.63) is 34.4 Å². The second-order valence-electron chi connectivity index (χ2n) is 6.95. The normalized spacial score (nSPS) is 14.5. The number of nitriles is 1. The quantitative estimate of drug-likeness (QED) is 0.820. The van der Waals surface area contributed by atoms with Crippen molar-refractivity contribution < 1.29 is 10.2 Å². The molecule has 0 radical (unpaired) electrons. The van der Waals surface area contributed by atoms with Crippen LogP contribution in [0.1, 0.15) is 94.1 Å². The molecular formula is C19H29NO2. The SMILES string of the molecule is CC(C)c1cc(C(C)C)c(C(O)C(O)CC#N)c(C(C)C)c1. The molecule has 1 aromatic carbocycles. The predicted molar refractivity (Wildman–Crippen MR) is 89.9 cm³/mol. The van der Waals surface area contributed by atoms with Gasteiger partial charge in [0.05, 0.1) is 18.6 Å². The highest BCUT2D eigenvalue weighted by atomic mass is 16.3. The van der Waals surface area contributed by atoms with Crippen LogP contribution < -0.4 is 0 Å². The van der Waals surface area contributed by atoms with Crippen molar-refractivity contribution >= 4 is 0 Å². The van der Waals surface area contributed by atoms with E-state index < -0.39 is 12.2 Å². The van der Waals surface area contributed by atoms with Crippen LogP contribution in [0.5, 0.6) is 0 Å². The molecule has 2 unspecified atom stereocenters. The van der Waals surface area contributed by atoms with E-state index in [1.807, 2.05) is 6.07 Å². The monoisotopic (exact) mass is 303 g/mol. The lowest BCUT2D eigenvalue weighted by Gasteiger charge is -2.27. The van der Waals surface area contributed by atoms with E-state index in [9.17, 15) is 10.2 Å². The summed E-state index contributed by atoms with van der Waals surface area (Å²) in [5.41, 5.74) is 4.19. The topological polar surface area (TPSA) is 64.2 Å². The van der Waals surface area contributed by atoms with Gasteiger partial charge < -0.3 is 10.2 Å². The summed E-state index contributed by atoms with van der Waals surface area (Å²) in [7, 11) is 0. The molecule has 3 heteroatoms. The summed E-state index contributed by atoms with van der Waals surface area (Å²) in [6.07, 6.45) is -2.14. The van der Waals surface area contributed by atoms with Crippen molar-refractivity contribution in [2.45, 2.75) is 77.9 Å². The third-order valence-corrected chi connectivity index (χ3v) is 4.14. The Morgan fingerprint density at radius 3 is 1.68 bits per heavy atom. The maximum atomic E-state index is 10.6. The molecule has 2 atom stereocenters. The Hall–Kier alpha value is -1.37. The Balaban J connectivity index is 3.55. The Morgan fingerprint density at radius 2 is 1.36 bits per heavy atom. The van der Waals surface area contributed by atoms with Gasteiger partial charge in [0.25, 0.3) is 0 Å². The van der Waals surface area contributed by atoms with Crippen LogP contribution in [0.2, 0.25) is 0 Å². The predicted octanol–water partition coefficient (Wildman–Crippen LogP) is 4.36. The summed E-state index contributed by atoms with van der Waals surface area (Å²) >= 11 is 0. The summed E-state index contributed by atoms with van der Waals surface area (Å²) in [6.45, 7) is 12.7. The Labute approximate surface area is 134 Å². The first-order chi connectivity index (χ1) is 10.2. The summed E-state index contributed by atoms with van der Waals surface area (Å²) in [6, 6.07) is 6.21. The van der Waals surface area contributed by atoms with Crippen LogP contribution in [0.25, 0.3) is 0 Å². The van der Waals surface area contributed by atoms with Crippen molar-refractivity contribution in [2.75, 3.05) is 0 Å². The smallest absolute Gasteiger partial charge is 0.106 e. The average molecular weight is 303 g/mol. The van der Waals surface area contributed by atoms with Crippen molar-refractivity contribution in [1.82, 2.24) is 0 Å². The van der Waals surface area contributed by atoms with E-state index in [-0.39, 0.29) is 18.3 Å². The first-order valence-electron chi connectivity index (χ1n) is 8.11. The summed E-state index contributed by atoms with van der Waals surface area (Å²) < 4.78 is 0. The number of aliphatic hydroxyl groups is 2. The third-order valence-electron chi connectivity index (χ3n) is 4.14. The molecular weight excluding hydrogens is 274 g/mol. The van der Waals surface area contributed by atoms with Gasteiger partial charge in [0.1, 0.15) is 6.10 Å². The third kappa shape index (κ3) is 4.09. The number of hydrogen-bond acceptors (Lipinski definition) is 3. The van der Waals surface area contributed by atoms with Crippen molar-refractivity contribution in [1.29, 1.82) is 5.26 Å². The van der Waals surface area contributed by atoms with Crippen LogP contribution >= 0.6 is 0 Å². The molecule has 0 heterocycles. The first-order valence-corrected chi connectivity index (χ1v) is 8.11. The van der Waals surface area contributed by atoms with Crippen molar-refractivity contribution in [3.8, 4) is 6.07 Å². The fourth-order valence-corrected chi connectivity index (χ4v) is 2.75. The van der Waals surface area contributed by atoms with Crippen LogP contribution in [-0.2, 0) is 0 Å². The zero-order valence-corrected chi connectivity index (χ0v) is 14.6. The van der Waals surface area contributed by atoms with Gasteiger partial charge in [0.15, 0.2) is 0 Å². The molecule has 0 spiro atoms. The van der Waals surface area contributed by atoms with Crippen molar-refractivity contribution in [3.63, 3.8) is 0 Å². The van der Waals surface area contributed by atoms with Gasteiger partial charge in [-0.3, -0.25) is 0 Å². The van der Waals surface area contributed by atoms with Gasteiger partial charge in [-0.05, 0) is 40.0 Å². The van der Waals surface area contributed by atoms with Crippen LogP contribution in [0.4, 0.5) is 0 Å². The molecule has 0 aliphatic carbocycles. The minimum Gasteiger partial charge on any atom is -0.389 e. The van der Waals surface area contributed by atoms with Crippen LogP contribution in [0, 0.1) is 11.3 Å². The molecule has 0 bridgehead atoms. The van der Waals surface area contributed by atoms with Crippen molar-refractivity contribution in [2.24, 2.45) is 0 Å². The van der Waals surface area contributed by atoms with E-state index in [1.54, 1.807) is 0 Å². The van der Waals surface area contributed by atoms with E-state index in [0.717, 1.165) is 16.7 Å². The average Bonchev–Trinajstić information content (AvgIpc) is 2.44. The molecule has 2 N–H and O–H groups in total. The molecule has 0 aliphatic heterocycles. The number of nitrogens with zero attached hydrogens (tertiary/aromatic N) is 1. The Kier molecular flexibility index (Phi) is 6.59. The lowest BCUT2D eigenvalue weighted by molar-refractivity contribution is 0.0203. The zero-order chi connectivity index (χ0) is 17.0. The molecule has 122 valence electrons. The highest BCUT2D eigenvalue weighted by Crippen LogP contribution is 2.37. The van der Waals surface area contributed by atoms with E-state index in [2.05, 4.69) is 53.7 Å². The highest BCUT2D eigenvalue weighted by Gasteiger charge is 2.26. The minimum absolute atomic E-state index is 0.0673. The van der Waals surface area contributed by atoms with Crippen LogP contribution in [0.3, 0.4) is 0 Å². The molecule has 3 nitrogen and oxygen atoms in total. The fourth-order valence-electron chi connectivity index (χ4n) is 2.75. The van der Waals surface area contributed by atoms with Crippen LogP contribution in [0.15, 0.2) is 12.1 Å². The molecule has 0 aromatic heterocycles. The molecule has 1 rings (SSSR count). The van der Waals surface area contributed by atoms with Gasteiger partial charge in [0, 0.05) is 0 Å². The fraction of sp³-hybridized carbons (Fsp3) is 0.632. The molecule has 22 heavy (non-hydrogen) atoms. The van der Waals surface area contributed by atoms with Gasteiger partial charge in [-0.15, -0.1) is 0 Å². The zero-order valence-electron chi connectivity index (χ0n) is 14.6. The maximum absolute atomic E-state index is 10.6. The van der Waals surface area contributed by atoms with E-state index in [1.165, 1.54) is 5.56 Å². The number of rotatable bonds is 6. The molecule has 0 amide bonds. The second-order valence-corrected chi connectivity index (χ2v) is 6.95. The van der Waals surface area contributed by atoms with Gasteiger partial charge >= 0.3 is 0 Å². The lowest BCUT2D eigenvalue weighted by atomic mass is 9.81. The van der Waals surface area contributed by atoms with Gasteiger partial charge in [-0.25, -0.2) is 0 Å². The van der Waals surface area contributed by atoms with Gasteiger partial charge in [-0.2, -0.15) is 5.26 Å². The molecule has 0 saturated carbocycles. The first kappa shape index (κ1) is 18.7.